The number of hydrogen-bond donors (Lipinski definition) is 1. The molecular formula is C12H15N2O7-. The average molecular weight is 299 g/mol. The molecule has 1 saturated heterocycles. The minimum atomic E-state index is -1.55. The van der Waals surface area contributed by atoms with E-state index in [1.807, 2.05) is 0 Å². The van der Waals surface area contributed by atoms with E-state index in [9.17, 15) is 24.3 Å². The minimum Gasteiger partial charge on any atom is -0.548 e. The van der Waals surface area contributed by atoms with E-state index in [0.717, 1.165) is 6.21 Å². The Morgan fingerprint density at radius 2 is 1.90 bits per heavy atom. The number of carboxylic acids is 1. The highest BCUT2D eigenvalue weighted by molar-refractivity contribution is 6.10. The molecule has 2 N–H and O–H groups in total. The maximum atomic E-state index is 11.6. The molecule has 1 amide bonds. The first-order valence-electron chi connectivity index (χ1n) is 6.10. The van der Waals surface area contributed by atoms with Crippen LogP contribution in [0.2, 0.25) is 0 Å². The second-order valence-electron chi connectivity index (χ2n) is 4.86. The van der Waals surface area contributed by atoms with Gasteiger partial charge in [0, 0.05) is 26.5 Å². The van der Waals surface area contributed by atoms with Gasteiger partial charge in [0.15, 0.2) is 5.92 Å². The zero-order chi connectivity index (χ0) is 16.2. The fraction of sp³-hybridized carbons (Fsp3) is 0.583. The normalized spacial score (nSPS) is 19.9. The van der Waals surface area contributed by atoms with E-state index in [1.165, 1.54) is 13.8 Å². The Morgan fingerprint density at radius 1 is 1.38 bits per heavy atom. The Hall–Kier alpha value is -2.45. The third-order valence-electron chi connectivity index (χ3n) is 2.55. The van der Waals surface area contributed by atoms with Gasteiger partial charge in [-0.1, -0.05) is 0 Å². The summed E-state index contributed by atoms with van der Waals surface area (Å²) in [6.45, 7) is 2.76. The Balaban J connectivity index is 2.76. The Morgan fingerprint density at radius 3 is 2.33 bits per heavy atom. The highest BCUT2D eigenvalue weighted by atomic mass is 16.7. The number of ether oxygens (including phenoxy) is 2. The molecule has 9 nitrogen and oxygen atoms in total. The van der Waals surface area contributed by atoms with Gasteiger partial charge in [-0.25, -0.2) is 0 Å². The van der Waals surface area contributed by atoms with Gasteiger partial charge in [-0.2, -0.15) is 0 Å². The SMILES string of the molecule is CC1(C)OC(=O)C(C=N[C@@H](CCC(N)=O)C(=O)[O-])C(=O)O1. The highest BCUT2D eigenvalue weighted by Gasteiger charge is 2.42. The fourth-order valence-corrected chi connectivity index (χ4v) is 1.57. The second kappa shape index (κ2) is 6.33. The minimum absolute atomic E-state index is 0.198. The summed E-state index contributed by atoms with van der Waals surface area (Å²) in [6.07, 6.45) is 0.403. The van der Waals surface area contributed by atoms with E-state index in [0.29, 0.717) is 0 Å². The summed E-state index contributed by atoms with van der Waals surface area (Å²) >= 11 is 0. The van der Waals surface area contributed by atoms with Crippen molar-refractivity contribution < 1.29 is 33.8 Å². The number of esters is 2. The van der Waals surface area contributed by atoms with Crippen molar-refractivity contribution in [2.24, 2.45) is 16.6 Å². The van der Waals surface area contributed by atoms with Crippen molar-refractivity contribution in [3.63, 3.8) is 0 Å². The predicted octanol–water partition coefficient (Wildman–Crippen LogP) is -2.11. The van der Waals surface area contributed by atoms with Crippen LogP contribution < -0.4 is 10.8 Å². The fourth-order valence-electron chi connectivity index (χ4n) is 1.57. The van der Waals surface area contributed by atoms with Gasteiger partial charge < -0.3 is 25.1 Å². The topological polar surface area (TPSA) is 148 Å². The molecule has 1 fully saturated rings. The summed E-state index contributed by atoms with van der Waals surface area (Å²) in [5.74, 6) is -6.87. The third-order valence-corrected chi connectivity index (χ3v) is 2.55. The maximum absolute atomic E-state index is 11.6. The van der Waals surface area contributed by atoms with Crippen molar-refractivity contribution in [1.29, 1.82) is 0 Å². The van der Waals surface area contributed by atoms with Gasteiger partial charge in [0.05, 0.1) is 12.0 Å². The van der Waals surface area contributed by atoms with E-state index in [4.69, 9.17) is 15.2 Å². The van der Waals surface area contributed by atoms with Crippen LogP contribution in [0.3, 0.4) is 0 Å². The van der Waals surface area contributed by atoms with Crippen molar-refractivity contribution >= 4 is 30.0 Å². The van der Waals surface area contributed by atoms with E-state index >= 15 is 0 Å². The standard InChI is InChI=1S/C12H16N2O7/c1-12(2)20-10(18)6(11(19)21-12)5-14-7(9(16)17)3-4-8(13)15/h5-7H,3-4H2,1-2H3,(H2,13,15)(H,16,17)/p-1/t7-/m0/s1. The lowest BCUT2D eigenvalue weighted by Gasteiger charge is -2.31. The first-order valence-corrected chi connectivity index (χ1v) is 6.10. The molecule has 1 aliphatic rings. The molecule has 0 aromatic rings. The van der Waals surface area contributed by atoms with Gasteiger partial charge in [-0.3, -0.25) is 19.4 Å². The quantitative estimate of drug-likeness (QED) is 0.335. The molecule has 0 radical (unpaired) electrons. The van der Waals surface area contributed by atoms with Crippen LogP contribution in [0.4, 0.5) is 0 Å². The Labute approximate surface area is 120 Å². The third kappa shape index (κ3) is 4.86. The molecule has 1 heterocycles. The number of hydrogen-bond acceptors (Lipinski definition) is 8. The van der Waals surface area contributed by atoms with Crippen LogP contribution in [0.25, 0.3) is 0 Å². The van der Waals surface area contributed by atoms with Crippen LogP contribution in [0.15, 0.2) is 4.99 Å². The number of amides is 1. The zero-order valence-electron chi connectivity index (χ0n) is 11.5. The van der Waals surface area contributed by atoms with Gasteiger partial charge in [-0.15, -0.1) is 0 Å². The number of primary amides is 1. The van der Waals surface area contributed by atoms with Crippen LogP contribution in [-0.4, -0.2) is 41.9 Å². The smallest absolute Gasteiger partial charge is 0.329 e. The lowest BCUT2D eigenvalue weighted by molar-refractivity contribution is -0.307. The molecular weight excluding hydrogens is 284 g/mol. The van der Waals surface area contributed by atoms with Crippen LogP contribution in [0.1, 0.15) is 26.7 Å². The monoisotopic (exact) mass is 299 g/mol. The van der Waals surface area contributed by atoms with Gasteiger partial charge in [0.2, 0.25) is 5.91 Å². The lowest BCUT2D eigenvalue weighted by atomic mass is 10.1. The summed E-state index contributed by atoms with van der Waals surface area (Å²) in [5, 5.41) is 10.8. The van der Waals surface area contributed by atoms with Crippen molar-refractivity contribution in [3.8, 4) is 0 Å². The summed E-state index contributed by atoms with van der Waals surface area (Å²) in [7, 11) is 0. The molecule has 1 rings (SSSR count). The van der Waals surface area contributed by atoms with Crippen LogP contribution >= 0.6 is 0 Å². The largest absolute Gasteiger partial charge is 0.548 e. The molecule has 21 heavy (non-hydrogen) atoms. The second-order valence-corrected chi connectivity index (χ2v) is 4.86. The van der Waals surface area contributed by atoms with E-state index in [2.05, 4.69) is 4.99 Å². The van der Waals surface area contributed by atoms with E-state index < -0.39 is 41.6 Å². The number of nitrogens with two attached hydrogens (primary N) is 1. The van der Waals surface area contributed by atoms with Crippen molar-refractivity contribution in [2.75, 3.05) is 0 Å². The van der Waals surface area contributed by atoms with E-state index in [-0.39, 0.29) is 12.8 Å². The number of aliphatic imine (C=N–C) groups is 1. The molecule has 1 aliphatic heterocycles. The molecule has 0 bridgehead atoms. The number of carboxylic acid groups (broad SMARTS) is 1. The van der Waals surface area contributed by atoms with Gasteiger partial charge in [0.1, 0.15) is 0 Å². The Kier molecular flexibility index (Phi) is 5.01. The first kappa shape index (κ1) is 16.6. The molecule has 0 spiro atoms. The number of carbonyl (C=O) groups excluding carboxylic acids is 4. The summed E-state index contributed by atoms with van der Waals surface area (Å²) in [4.78, 5) is 48.3. The summed E-state index contributed by atoms with van der Waals surface area (Å²) in [6, 6.07) is -1.40. The molecule has 1 atom stereocenters. The van der Waals surface area contributed by atoms with Crippen LogP contribution in [-0.2, 0) is 28.7 Å². The number of carbonyl (C=O) groups is 4. The molecule has 116 valence electrons. The van der Waals surface area contributed by atoms with Crippen molar-refractivity contribution in [2.45, 2.75) is 38.5 Å². The molecule has 9 heteroatoms. The lowest BCUT2D eigenvalue weighted by Crippen LogP contribution is -2.47. The van der Waals surface area contributed by atoms with E-state index in [1.54, 1.807) is 0 Å². The van der Waals surface area contributed by atoms with Crippen molar-refractivity contribution in [3.05, 3.63) is 0 Å². The molecule has 0 saturated carbocycles. The molecule has 0 unspecified atom stereocenters. The number of cyclic esters (lactones) is 2. The summed E-state index contributed by atoms with van der Waals surface area (Å²) < 4.78 is 9.67. The van der Waals surface area contributed by atoms with Gasteiger partial charge in [-0.05, 0) is 6.42 Å². The molecule has 0 aromatic heterocycles. The Bertz CT molecular complexity index is 478. The number of rotatable bonds is 6. The predicted molar refractivity (Wildman–Crippen MR) is 65.5 cm³/mol. The first-order chi connectivity index (χ1) is 9.62. The average Bonchev–Trinajstić information content (AvgIpc) is 2.29. The van der Waals surface area contributed by atoms with Crippen molar-refractivity contribution in [1.82, 2.24) is 0 Å². The number of nitrogens with zero attached hydrogens (tertiary/aromatic N) is 1. The van der Waals surface area contributed by atoms with Crippen LogP contribution in [0.5, 0.6) is 0 Å². The number of aliphatic carboxylic acids is 1. The summed E-state index contributed by atoms with van der Waals surface area (Å²) in [5.41, 5.74) is 4.90. The van der Waals surface area contributed by atoms with Gasteiger partial charge in [0.25, 0.3) is 5.79 Å². The maximum Gasteiger partial charge on any atom is 0.329 e. The molecule has 0 aliphatic carbocycles. The highest BCUT2D eigenvalue weighted by Crippen LogP contribution is 2.22. The van der Waals surface area contributed by atoms with Crippen LogP contribution in [0, 0.1) is 5.92 Å². The van der Waals surface area contributed by atoms with Gasteiger partial charge >= 0.3 is 11.9 Å². The molecule has 0 aromatic carbocycles. The zero-order valence-corrected chi connectivity index (χ0v) is 11.5.